The Hall–Kier alpha value is -2.07. The summed E-state index contributed by atoms with van der Waals surface area (Å²) in [6.45, 7) is 13.6. The van der Waals surface area contributed by atoms with Gasteiger partial charge in [-0.3, -0.25) is 4.68 Å². The van der Waals surface area contributed by atoms with Gasteiger partial charge in [-0.25, -0.2) is 0 Å². The molecule has 2 heterocycles. The van der Waals surface area contributed by atoms with Gasteiger partial charge in [-0.15, -0.1) is 11.3 Å². The van der Waals surface area contributed by atoms with Crippen molar-refractivity contribution in [2.24, 2.45) is 0 Å². The molecule has 0 atom stereocenters. The van der Waals surface area contributed by atoms with Crippen LogP contribution in [0.3, 0.4) is 0 Å². The number of aromatic hydroxyl groups is 1. The normalized spacial score (nSPS) is 12.5. The molecule has 0 radical (unpaired) electrons. The maximum Gasteiger partial charge on any atom is 0.123 e. The molecule has 0 saturated carbocycles. The van der Waals surface area contributed by atoms with E-state index in [-0.39, 0.29) is 10.8 Å². The lowest BCUT2D eigenvalue weighted by Crippen LogP contribution is -2.17. The number of nitrogens with zero attached hydrogens (tertiary/aromatic N) is 2. The van der Waals surface area contributed by atoms with E-state index in [1.165, 1.54) is 4.88 Å². The fourth-order valence-electron chi connectivity index (χ4n) is 3.09. The zero-order chi connectivity index (χ0) is 19.1. The third kappa shape index (κ3) is 3.85. The van der Waals surface area contributed by atoms with Crippen molar-refractivity contribution in [3.63, 3.8) is 0 Å². The first kappa shape index (κ1) is 18.7. The number of hydrogen-bond acceptors (Lipinski definition) is 3. The first-order valence-corrected chi connectivity index (χ1v) is 9.88. The summed E-state index contributed by atoms with van der Waals surface area (Å²) >= 11 is 1.74. The molecule has 0 amide bonds. The summed E-state index contributed by atoms with van der Waals surface area (Å²) in [7, 11) is 0. The molecule has 26 heavy (non-hydrogen) atoms. The molecule has 0 aliphatic carbocycles. The summed E-state index contributed by atoms with van der Waals surface area (Å²) in [5.41, 5.74) is 3.65. The maximum absolute atomic E-state index is 10.9. The SMILES string of the molecule is CC(C)(C)c1cc(-c2ccn(Cc3cccs3)n2)cc(C(C)(C)C)c1O. The molecular formula is C22H28N2OS. The monoisotopic (exact) mass is 368 g/mol. The molecule has 0 unspecified atom stereocenters. The predicted octanol–water partition coefficient (Wildman–Crippen LogP) is 5.96. The highest BCUT2D eigenvalue weighted by Gasteiger charge is 2.27. The van der Waals surface area contributed by atoms with Crippen LogP contribution in [0, 0.1) is 0 Å². The fourth-order valence-corrected chi connectivity index (χ4v) is 3.79. The molecule has 4 heteroatoms. The topological polar surface area (TPSA) is 38.0 Å². The fraction of sp³-hybridized carbons (Fsp3) is 0.409. The van der Waals surface area contributed by atoms with Crippen molar-refractivity contribution in [2.75, 3.05) is 0 Å². The zero-order valence-corrected chi connectivity index (χ0v) is 17.3. The van der Waals surface area contributed by atoms with E-state index < -0.39 is 0 Å². The van der Waals surface area contributed by atoms with Gasteiger partial charge in [0, 0.05) is 27.8 Å². The number of phenolic OH excluding ortho intramolecular Hbond substituents is 1. The number of rotatable bonds is 3. The minimum atomic E-state index is -0.139. The summed E-state index contributed by atoms with van der Waals surface area (Å²) in [5, 5.41) is 17.7. The first-order chi connectivity index (χ1) is 12.1. The molecule has 0 fully saturated rings. The van der Waals surface area contributed by atoms with Gasteiger partial charge in [-0.1, -0.05) is 47.6 Å². The molecule has 138 valence electrons. The number of thiophene rings is 1. The van der Waals surface area contributed by atoms with Gasteiger partial charge in [0.25, 0.3) is 0 Å². The Labute approximate surface area is 160 Å². The van der Waals surface area contributed by atoms with Gasteiger partial charge in [0.05, 0.1) is 12.2 Å². The average molecular weight is 369 g/mol. The molecule has 0 bridgehead atoms. The van der Waals surface area contributed by atoms with Crippen molar-refractivity contribution in [3.8, 4) is 17.0 Å². The van der Waals surface area contributed by atoms with Gasteiger partial charge in [0.15, 0.2) is 0 Å². The Morgan fingerprint density at radius 1 is 1.00 bits per heavy atom. The lowest BCUT2D eigenvalue weighted by Gasteiger charge is -2.28. The summed E-state index contributed by atoms with van der Waals surface area (Å²) in [6, 6.07) is 10.4. The Kier molecular flexibility index (Phi) is 4.74. The van der Waals surface area contributed by atoms with Crippen molar-refractivity contribution >= 4 is 11.3 Å². The van der Waals surface area contributed by atoms with Gasteiger partial charge in [0.2, 0.25) is 0 Å². The number of aromatic nitrogens is 2. The van der Waals surface area contributed by atoms with Crippen LogP contribution < -0.4 is 0 Å². The van der Waals surface area contributed by atoms with E-state index >= 15 is 0 Å². The molecule has 0 aliphatic heterocycles. The van der Waals surface area contributed by atoms with Crippen molar-refractivity contribution in [1.82, 2.24) is 9.78 Å². The van der Waals surface area contributed by atoms with Crippen molar-refractivity contribution < 1.29 is 5.11 Å². The Morgan fingerprint density at radius 2 is 1.62 bits per heavy atom. The van der Waals surface area contributed by atoms with Crippen LogP contribution in [0.25, 0.3) is 11.3 Å². The summed E-state index contributed by atoms with van der Waals surface area (Å²) in [4.78, 5) is 1.29. The minimum absolute atomic E-state index is 0.139. The van der Waals surface area contributed by atoms with Gasteiger partial charge in [0.1, 0.15) is 5.75 Å². The van der Waals surface area contributed by atoms with Crippen LogP contribution in [0.1, 0.15) is 57.5 Å². The van der Waals surface area contributed by atoms with E-state index in [0.717, 1.165) is 28.9 Å². The van der Waals surface area contributed by atoms with Crippen LogP contribution in [0.2, 0.25) is 0 Å². The predicted molar refractivity (Wildman–Crippen MR) is 110 cm³/mol. The second-order valence-corrected chi connectivity index (χ2v) is 9.93. The zero-order valence-electron chi connectivity index (χ0n) is 16.5. The minimum Gasteiger partial charge on any atom is -0.507 e. The average Bonchev–Trinajstić information content (AvgIpc) is 3.17. The lowest BCUT2D eigenvalue weighted by molar-refractivity contribution is 0.423. The molecular weight excluding hydrogens is 340 g/mol. The van der Waals surface area contributed by atoms with Crippen molar-refractivity contribution in [3.05, 3.63) is 57.9 Å². The molecule has 1 N–H and O–H groups in total. The molecule has 0 saturated heterocycles. The second kappa shape index (κ2) is 6.58. The highest BCUT2D eigenvalue weighted by atomic mass is 32.1. The van der Waals surface area contributed by atoms with Crippen LogP contribution in [-0.2, 0) is 17.4 Å². The molecule has 3 nitrogen and oxygen atoms in total. The third-order valence-corrected chi connectivity index (χ3v) is 5.42. The van der Waals surface area contributed by atoms with Crippen LogP contribution >= 0.6 is 11.3 Å². The van der Waals surface area contributed by atoms with E-state index in [9.17, 15) is 5.11 Å². The largest absolute Gasteiger partial charge is 0.507 e. The number of benzene rings is 1. The van der Waals surface area contributed by atoms with Gasteiger partial charge in [-0.05, 0) is 40.5 Å². The van der Waals surface area contributed by atoms with Crippen molar-refractivity contribution in [2.45, 2.75) is 58.9 Å². The smallest absolute Gasteiger partial charge is 0.123 e. The van der Waals surface area contributed by atoms with Crippen LogP contribution in [0.4, 0.5) is 0 Å². The third-order valence-electron chi connectivity index (χ3n) is 4.56. The van der Waals surface area contributed by atoms with E-state index in [1.54, 1.807) is 11.3 Å². The number of phenols is 1. The van der Waals surface area contributed by atoms with Crippen LogP contribution in [-0.4, -0.2) is 14.9 Å². The summed E-state index contributed by atoms with van der Waals surface area (Å²) in [5.74, 6) is 0.409. The quantitative estimate of drug-likeness (QED) is 0.619. The van der Waals surface area contributed by atoms with E-state index in [1.807, 2.05) is 10.9 Å². The van der Waals surface area contributed by atoms with Gasteiger partial charge < -0.3 is 5.11 Å². The highest BCUT2D eigenvalue weighted by Crippen LogP contribution is 2.41. The van der Waals surface area contributed by atoms with Crippen LogP contribution in [0.5, 0.6) is 5.75 Å². The first-order valence-electron chi connectivity index (χ1n) is 9.00. The molecule has 0 spiro atoms. The molecule has 2 aromatic heterocycles. The highest BCUT2D eigenvalue weighted by molar-refractivity contribution is 7.09. The van der Waals surface area contributed by atoms with E-state index in [2.05, 4.69) is 77.3 Å². The van der Waals surface area contributed by atoms with Crippen molar-refractivity contribution in [1.29, 1.82) is 0 Å². The Morgan fingerprint density at radius 3 is 2.12 bits per heavy atom. The summed E-state index contributed by atoms with van der Waals surface area (Å²) < 4.78 is 1.97. The molecule has 0 aliphatic rings. The standard InChI is InChI=1S/C22H28N2OS/c1-21(2,3)17-12-15(13-18(20(17)25)22(4,5)6)19-9-10-24(23-19)14-16-8-7-11-26-16/h7-13,25H,14H2,1-6H3. The Balaban J connectivity index is 2.06. The van der Waals surface area contributed by atoms with E-state index in [0.29, 0.717) is 5.75 Å². The maximum atomic E-state index is 10.9. The summed E-state index contributed by atoms with van der Waals surface area (Å²) in [6.07, 6.45) is 2.02. The van der Waals surface area contributed by atoms with Crippen LogP contribution in [0.15, 0.2) is 41.9 Å². The van der Waals surface area contributed by atoms with Gasteiger partial charge in [-0.2, -0.15) is 5.10 Å². The molecule has 3 rings (SSSR count). The molecule has 1 aromatic carbocycles. The Bertz CT molecular complexity index is 858. The second-order valence-electron chi connectivity index (χ2n) is 8.90. The number of hydrogen-bond donors (Lipinski definition) is 1. The lowest BCUT2D eigenvalue weighted by atomic mass is 9.78. The van der Waals surface area contributed by atoms with Gasteiger partial charge >= 0.3 is 0 Å². The molecule has 3 aromatic rings. The van der Waals surface area contributed by atoms with E-state index in [4.69, 9.17) is 5.10 Å².